The lowest BCUT2D eigenvalue weighted by Crippen LogP contribution is -2.50. The number of hydrogen-bond acceptors (Lipinski definition) is 7. The quantitative estimate of drug-likeness (QED) is 0.461. The van der Waals surface area contributed by atoms with Crippen LogP contribution in [0.15, 0.2) is 0 Å². The van der Waals surface area contributed by atoms with E-state index in [9.17, 15) is 18.4 Å². The second-order valence-corrected chi connectivity index (χ2v) is 7.07. The van der Waals surface area contributed by atoms with Crippen LogP contribution >= 0.6 is 0 Å². The Bertz CT molecular complexity index is 535. The number of urea groups is 1. The van der Waals surface area contributed by atoms with E-state index < -0.39 is 29.3 Å². The smallest absolute Gasteiger partial charge is 0.346 e. The first-order chi connectivity index (χ1) is 11.5. The third-order valence-electron chi connectivity index (χ3n) is 4.67. The van der Waals surface area contributed by atoms with E-state index in [2.05, 4.69) is 22.0 Å². The average Bonchev–Trinajstić information content (AvgIpc) is 3.05. The van der Waals surface area contributed by atoms with Crippen molar-refractivity contribution in [2.24, 2.45) is 5.92 Å². The van der Waals surface area contributed by atoms with Gasteiger partial charge in [-0.1, -0.05) is 6.92 Å². The maximum absolute atomic E-state index is 12.3. The molecule has 2 bridgehead atoms. The predicted octanol–water partition coefficient (Wildman–Crippen LogP) is -0.973. The molecule has 3 saturated heterocycles. The predicted molar refractivity (Wildman–Crippen MR) is 80.4 cm³/mol. The topological polar surface area (TPSA) is 123 Å². The normalized spacial score (nSPS) is 33.8. The zero-order valence-electron chi connectivity index (χ0n) is 13.3. The van der Waals surface area contributed by atoms with E-state index in [1.54, 1.807) is 0 Å². The molecule has 2 N–H and O–H groups in total. The van der Waals surface area contributed by atoms with Crippen molar-refractivity contribution in [3.8, 4) is 0 Å². The van der Waals surface area contributed by atoms with Gasteiger partial charge in [-0.3, -0.25) is 9.63 Å². The van der Waals surface area contributed by atoms with Gasteiger partial charge in [0.1, 0.15) is 17.4 Å². The van der Waals surface area contributed by atoms with Crippen molar-refractivity contribution in [2.45, 2.75) is 44.3 Å². The molecule has 10 nitrogen and oxygen atoms in total. The second kappa shape index (κ2) is 7.31. The number of carbonyl (C=O) groups is 2. The average molecular weight is 361 g/mol. The van der Waals surface area contributed by atoms with Crippen molar-refractivity contribution in [1.29, 1.82) is 0 Å². The molecule has 0 saturated carbocycles. The van der Waals surface area contributed by atoms with Gasteiger partial charge in [-0.25, -0.2) is 14.5 Å². The number of hydrogen-bond donors (Lipinski definition) is 2. The van der Waals surface area contributed by atoms with Gasteiger partial charge in [-0.2, -0.15) is 9.35 Å². The minimum absolute atomic E-state index is 0.209. The lowest BCUT2D eigenvalue weighted by molar-refractivity contribution is -0.139. The maximum atomic E-state index is 12.3. The van der Waals surface area contributed by atoms with Crippen LogP contribution in [0.25, 0.3) is 0 Å². The van der Waals surface area contributed by atoms with Crippen LogP contribution in [0.2, 0.25) is 0 Å². The SMILES string of the molecule is C[C@@H]1CN[C@H](CONC(=O)C2CCC3CN2C(=O)N3OS(=O)[O-])C1. The van der Waals surface area contributed by atoms with Crippen LogP contribution in [0.5, 0.6) is 0 Å². The number of piperidine rings is 1. The van der Waals surface area contributed by atoms with Crippen molar-refractivity contribution >= 4 is 23.3 Å². The van der Waals surface area contributed by atoms with E-state index in [-0.39, 0.29) is 18.6 Å². The minimum atomic E-state index is -2.82. The van der Waals surface area contributed by atoms with Gasteiger partial charge in [0, 0.05) is 12.6 Å². The molecule has 0 aromatic rings. The second-order valence-electron chi connectivity index (χ2n) is 6.51. The molecule has 0 aliphatic carbocycles. The number of nitrogens with one attached hydrogen (secondary N) is 2. The van der Waals surface area contributed by atoms with E-state index in [0.29, 0.717) is 25.4 Å². The number of carbonyl (C=O) groups excluding carboxylic acids is 2. The first-order valence-electron chi connectivity index (χ1n) is 7.98. The van der Waals surface area contributed by atoms with Crippen molar-refractivity contribution in [1.82, 2.24) is 20.8 Å². The molecule has 0 aromatic heterocycles. The van der Waals surface area contributed by atoms with Crippen LogP contribution in [0.4, 0.5) is 4.79 Å². The summed E-state index contributed by atoms with van der Waals surface area (Å²) in [4.78, 5) is 31.0. The molecule has 0 aromatic carbocycles. The Morgan fingerprint density at radius 2 is 2.29 bits per heavy atom. The van der Waals surface area contributed by atoms with Crippen LogP contribution in [-0.4, -0.2) is 68.5 Å². The van der Waals surface area contributed by atoms with Crippen LogP contribution in [0.1, 0.15) is 26.2 Å². The molecule has 3 aliphatic rings. The number of rotatable bonds is 6. The summed E-state index contributed by atoms with van der Waals surface area (Å²) in [6.45, 7) is 3.70. The molecule has 136 valence electrons. The molecule has 3 amide bonds. The van der Waals surface area contributed by atoms with E-state index in [4.69, 9.17) is 4.84 Å². The van der Waals surface area contributed by atoms with Crippen LogP contribution in [0, 0.1) is 5.92 Å². The highest BCUT2D eigenvalue weighted by Gasteiger charge is 2.48. The van der Waals surface area contributed by atoms with Gasteiger partial charge in [0.15, 0.2) is 0 Å². The van der Waals surface area contributed by atoms with E-state index in [1.807, 2.05) is 0 Å². The fraction of sp³-hybridized carbons (Fsp3) is 0.846. The molecule has 0 spiro atoms. The molecule has 24 heavy (non-hydrogen) atoms. The van der Waals surface area contributed by atoms with Crippen LogP contribution < -0.4 is 10.8 Å². The molecule has 3 rings (SSSR count). The standard InChI is InChI=1S/C13H22N4O6S/c1-8-4-9(14-5-8)7-22-15-12(18)11-3-2-10-6-16(11)13(19)17(10)23-24(20)21/h8-11,14H,2-7H2,1H3,(H,15,18)(H,20,21)/p-1/t8-,9-,10?,11?/m0/s1. The van der Waals surface area contributed by atoms with Gasteiger partial charge in [0.05, 0.1) is 12.6 Å². The highest BCUT2D eigenvalue weighted by atomic mass is 32.2. The number of hydroxylamine groups is 3. The number of amides is 3. The molecule has 3 heterocycles. The summed E-state index contributed by atoms with van der Waals surface area (Å²) in [5, 5.41) is 4.12. The summed E-state index contributed by atoms with van der Waals surface area (Å²) in [7, 11) is 0. The molecule has 11 heteroatoms. The number of nitrogens with zero attached hydrogens (tertiary/aromatic N) is 2. The molecule has 0 radical (unpaired) electrons. The Morgan fingerprint density at radius 1 is 1.50 bits per heavy atom. The minimum Gasteiger partial charge on any atom is -0.748 e. The first kappa shape index (κ1) is 17.5. The third-order valence-corrected chi connectivity index (χ3v) is 4.95. The summed E-state index contributed by atoms with van der Waals surface area (Å²) >= 11 is -2.82. The lowest BCUT2D eigenvalue weighted by atomic mass is 10.0. The van der Waals surface area contributed by atoms with Gasteiger partial charge in [-0.15, -0.1) is 0 Å². The Kier molecular flexibility index (Phi) is 5.35. The van der Waals surface area contributed by atoms with E-state index >= 15 is 0 Å². The zero-order valence-corrected chi connectivity index (χ0v) is 14.1. The van der Waals surface area contributed by atoms with Gasteiger partial charge >= 0.3 is 6.03 Å². The van der Waals surface area contributed by atoms with Gasteiger partial charge in [0.25, 0.3) is 5.91 Å². The Labute approximate surface area is 142 Å². The Balaban J connectivity index is 1.49. The van der Waals surface area contributed by atoms with E-state index in [1.165, 1.54) is 4.90 Å². The van der Waals surface area contributed by atoms with Gasteiger partial charge < -0.3 is 14.8 Å². The van der Waals surface area contributed by atoms with Gasteiger partial charge in [0.2, 0.25) is 0 Å². The fourth-order valence-corrected chi connectivity index (χ4v) is 3.81. The summed E-state index contributed by atoms with van der Waals surface area (Å²) in [5.74, 6) is 0.183. The molecule has 3 aliphatic heterocycles. The molecule has 3 unspecified atom stereocenters. The monoisotopic (exact) mass is 361 g/mol. The van der Waals surface area contributed by atoms with Crippen LogP contribution in [-0.2, 0) is 25.3 Å². The Morgan fingerprint density at radius 3 is 2.96 bits per heavy atom. The van der Waals surface area contributed by atoms with Crippen molar-refractivity contribution < 1.29 is 27.5 Å². The third kappa shape index (κ3) is 3.70. The Hall–Kier alpha value is -1.27. The number of fused-ring (bicyclic) bond motifs is 2. The van der Waals surface area contributed by atoms with Crippen molar-refractivity contribution in [3.63, 3.8) is 0 Å². The molecular weight excluding hydrogens is 340 g/mol. The largest absolute Gasteiger partial charge is 0.748 e. The zero-order chi connectivity index (χ0) is 17.3. The van der Waals surface area contributed by atoms with E-state index in [0.717, 1.165) is 18.0 Å². The summed E-state index contributed by atoms with van der Waals surface area (Å²) in [5.41, 5.74) is 2.40. The lowest BCUT2D eigenvalue weighted by Gasteiger charge is -2.29. The van der Waals surface area contributed by atoms with Gasteiger partial charge in [-0.05, 0) is 31.7 Å². The summed E-state index contributed by atoms with van der Waals surface area (Å²) in [6, 6.07) is -1.45. The molecule has 3 fully saturated rings. The fourth-order valence-electron chi connectivity index (χ4n) is 3.50. The van der Waals surface area contributed by atoms with Crippen LogP contribution in [0.3, 0.4) is 0 Å². The summed E-state index contributed by atoms with van der Waals surface area (Å²) < 4.78 is 25.8. The molecule has 5 atom stereocenters. The molecular formula is C13H21N4O6S-. The van der Waals surface area contributed by atoms with Crippen molar-refractivity contribution in [3.05, 3.63) is 0 Å². The van der Waals surface area contributed by atoms with Crippen molar-refractivity contribution in [2.75, 3.05) is 19.7 Å². The first-order valence-corrected chi connectivity index (χ1v) is 8.98. The summed E-state index contributed by atoms with van der Waals surface area (Å²) in [6.07, 6.45) is 1.90. The maximum Gasteiger partial charge on any atom is 0.346 e. The highest BCUT2D eigenvalue weighted by molar-refractivity contribution is 7.74. The highest BCUT2D eigenvalue weighted by Crippen LogP contribution is 2.30.